The van der Waals surface area contributed by atoms with Crippen molar-refractivity contribution in [1.82, 2.24) is 4.90 Å². The Bertz CT molecular complexity index is 1050. The summed E-state index contributed by atoms with van der Waals surface area (Å²) in [4.78, 5) is 30.5. The fraction of sp³-hybridized carbons (Fsp3) is 0.227. The number of halogens is 1. The molecule has 2 aliphatic heterocycles. The maximum Gasteiger partial charge on any atom is 0.267 e. The van der Waals surface area contributed by atoms with E-state index in [1.807, 2.05) is 62.4 Å². The molecular formula is C22H19BrN2O2S2. The first-order valence-corrected chi connectivity index (χ1v) is 11.4. The monoisotopic (exact) mass is 486 g/mol. The van der Waals surface area contributed by atoms with Crippen LogP contribution in [0, 0.1) is 0 Å². The third-order valence-electron chi connectivity index (χ3n) is 5.12. The second-order valence-electron chi connectivity index (χ2n) is 6.95. The molecule has 0 N–H and O–H groups in total. The first kappa shape index (κ1) is 20.3. The molecule has 1 unspecified atom stereocenters. The maximum absolute atomic E-state index is 13.4. The molecule has 1 fully saturated rings. The Morgan fingerprint density at radius 1 is 1.10 bits per heavy atom. The van der Waals surface area contributed by atoms with Crippen LogP contribution >= 0.6 is 39.9 Å². The van der Waals surface area contributed by atoms with Gasteiger partial charge in [-0.1, -0.05) is 77.2 Å². The number of hydrogen-bond donors (Lipinski definition) is 0. The van der Waals surface area contributed by atoms with Gasteiger partial charge in [-0.2, -0.15) is 0 Å². The Balaban J connectivity index is 1.80. The van der Waals surface area contributed by atoms with Gasteiger partial charge in [0.25, 0.3) is 11.8 Å². The highest BCUT2D eigenvalue weighted by molar-refractivity contribution is 9.10. The summed E-state index contributed by atoms with van der Waals surface area (Å²) in [5.74, 6) is -0.336. The van der Waals surface area contributed by atoms with Crippen LogP contribution < -0.4 is 4.90 Å². The summed E-state index contributed by atoms with van der Waals surface area (Å²) < 4.78 is 1.35. The van der Waals surface area contributed by atoms with Crippen LogP contribution in [0.2, 0.25) is 0 Å². The van der Waals surface area contributed by atoms with Gasteiger partial charge in [-0.25, -0.2) is 0 Å². The average molecular weight is 487 g/mol. The molecule has 1 saturated heterocycles. The predicted octanol–water partition coefficient (Wildman–Crippen LogP) is 5.54. The lowest BCUT2D eigenvalue weighted by Gasteiger charge is -2.23. The highest BCUT2D eigenvalue weighted by Crippen LogP contribution is 2.47. The number of fused-ring (bicyclic) bond motifs is 1. The van der Waals surface area contributed by atoms with Crippen LogP contribution in [-0.4, -0.2) is 27.6 Å². The van der Waals surface area contributed by atoms with Gasteiger partial charge in [0.15, 0.2) is 0 Å². The number of amides is 2. The number of rotatable bonds is 4. The van der Waals surface area contributed by atoms with Crippen LogP contribution in [0.15, 0.2) is 57.9 Å². The Kier molecular flexibility index (Phi) is 5.64. The zero-order valence-electron chi connectivity index (χ0n) is 16.0. The second kappa shape index (κ2) is 8.05. The van der Waals surface area contributed by atoms with Gasteiger partial charge in [0.2, 0.25) is 0 Å². The lowest BCUT2D eigenvalue weighted by atomic mass is 10.1. The fourth-order valence-electron chi connectivity index (χ4n) is 3.71. The second-order valence-corrected chi connectivity index (χ2v) is 9.51. The summed E-state index contributed by atoms with van der Waals surface area (Å²) in [6.07, 6.45) is 0.834. The Morgan fingerprint density at radius 2 is 1.83 bits per heavy atom. The zero-order chi connectivity index (χ0) is 20.7. The molecule has 0 bridgehead atoms. The summed E-state index contributed by atoms with van der Waals surface area (Å²) in [5.41, 5.74) is 3.08. The molecule has 29 heavy (non-hydrogen) atoms. The van der Waals surface area contributed by atoms with Crippen LogP contribution in [0.4, 0.5) is 5.69 Å². The maximum atomic E-state index is 13.4. The summed E-state index contributed by atoms with van der Waals surface area (Å²) in [6.45, 7) is 4.60. The molecule has 2 aromatic rings. The number of carbonyl (C=O) groups is 2. The van der Waals surface area contributed by atoms with Crippen molar-refractivity contribution in [1.29, 1.82) is 0 Å². The van der Waals surface area contributed by atoms with Gasteiger partial charge >= 0.3 is 0 Å². The van der Waals surface area contributed by atoms with Crippen molar-refractivity contribution in [2.24, 2.45) is 0 Å². The van der Waals surface area contributed by atoms with Gasteiger partial charge in [0, 0.05) is 16.6 Å². The van der Waals surface area contributed by atoms with E-state index in [1.165, 1.54) is 11.8 Å². The minimum absolute atomic E-state index is 0.132. The number of hydrogen-bond acceptors (Lipinski definition) is 4. The van der Waals surface area contributed by atoms with E-state index in [0.717, 1.165) is 27.7 Å². The largest absolute Gasteiger partial charge is 0.308 e. The van der Waals surface area contributed by atoms with Crippen molar-refractivity contribution in [3.63, 3.8) is 0 Å². The Labute approximate surface area is 188 Å². The van der Waals surface area contributed by atoms with Crippen LogP contribution in [0.3, 0.4) is 0 Å². The number of anilines is 1. The molecule has 7 heteroatoms. The predicted molar refractivity (Wildman–Crippen MR) is 126 cm³/mol. The molecule has 0 saturated carbocycles. The number of benzene rings is 2. The van der Waals surface area contributed by atoms with Crippen molar-refractivity contribution in [3.8, 4) is 0 Å². The third kappa shape index (κ3) is 3.45. The molecule has 4 nitrogen and oxygen atoms in total. The first-order chi connectivity index (χ1) is 13.9. The van der Waals surface area contributed by atoms with Crippen molar-refractivity contribution in [2.45, 2.75) is 26.3 Å². The Hall–Kier alpha value is -1.96. The molecular weight excluding hydrogens is 468 g/mol. The van der Waals surface area contributed by atoms with Crippen LogP contribution in [0.1, 0.15) is 37.4 Å². The molecule has 0 aliphatic carbocycles. The first-order valence-electron chi connectivity index (χ1n) is 9.40. The summed E-state index contributed by atoms with van der Waals surface area (Å²) in [5, 5.41) is 0. The number of thioether (sulfide) groups is 1. The molecule has 2 amide bonds. The van der Waals surface area contributed by atoms with E-state index in [2.05, 4.69) is 15.9 Å². The standard InChI is InChI=1S/C22H19BrN2O2S2/c1-3-11-24-17-10-9-15(23)12-16(17)18(20(24)26)19-21(27)25(22(28)29-19)13(2)14-7-5-4-6-8-14/h4-10,12-13H,3,11H2,1-2H3/b19-18-. The molecule has 2 aliphatic rings. The number of carbonyl (C=O) groups excluding carboxylic acids is 2. The summed E-state index contributed by atoms with van der Waals surface area (Å²) >= 11 is 10.3. The topological polar surface area (TPSA) is 40.6 Å². The van der Waals surface area contributed by atoms with E-state index in [-0.39, 0.29) is 17.9 Å². The lowest BCUT2D eigenvalue weighted by molar-refractivity contribution is -0.123. The van der Waals surface area contributed by atoms with Crippen LogP contribution in [-0.2, 0) is 9.59 Å². The minimum atomic E-state index is -0.205. The molecule has 2 heterocycles. The van der Waals surface area contributed by atoms with E-state index in [4.69, 9.17) is 12.2 Å². The van der Waals surface area contributed by atoms with Gasteiger partial charge in [0.05, 0.1) is 22.2 Å². The van der Waals surface area contributed by atoms with Crippen LogP contribution in [0.25, 0.3) is 5.57 Å². The smallest absolute Gasteiger partial charge is 0.267 e. The van der Waals surface area contributed by atoms with Crippen molar-refractivity contribution in [2.75, 3.05) is 11.4 Å². The highest BCUT2D eigenvalue weighted by atomic mass is 79.9. The molecule has 148 valence electrons. The molecule has 0 spiro atoms. The molecule has 1 atom stereocenters. The van der Waals surface area contributed by atoms with Gasteiger partial charge in [0.1, 0.15) is 4.32 Å². The SMILES string of the molecule is CCCN1C(=O)/C(=C2\SC(=S)N(C(C)c3ccccc3)C2=O)c2cc(Br)ccc21. The van der Waals surface area contributed by atoms with Crippen LogP contribution in [0.5, 0.6) is 0 Å². The quantitative estimate of drug-likeness (QED) is 0.420. The van der Waals surface area contributed by atoms with Gasteiger partial charge < -0.3 is 4.90 Å². The van der Waals surface area contributed by atoms with E-state index in [0.29, 0.717) is 21.3 Å². The number of thiocarbonyl (C=S) groups is 1. The third-order valence-corrected chi connectivity index (χ3v) is 7.01. The minimum Gasteiger partial charge on any atom is -0.308 e. The fourth-order valence-corrected chi connectivity index (χ4v) is 5.56. The molecule has 4 rings (SSSR count). The van der Waals surface area contributed by atoms with Gasteiger partial charge in [-0.15, -0.1) is 0 Å². The van der Waals surface area contributed by atoms with Crippen molar-refractivity contribution >= 4 is 67.3 Å². The zero-order valence-corrected chi connectivity index (χ0v) is 19.2. The van der Waals surface area contributed by atoms with Crippen molar-refractivity contribution < 1.29 is 9.59 Å². The molecule has 0 radical (unpaired) electrons. The van der Waals surface area contributed by atoms with Gasteiger partial charge in [-0.05, 0) is 37.1 Å². The van der Waals surface area contributed by atoms with E-state index >= 15 is 0 Å². The normalized spacial score (nSPS) is 19.9. The van der Waals surface area contributed by atoms with Gasteiger partial charge in [-0.3, -0.25) is 14.5 Å². The Morgan fingerprint density at radius 3 is 2.52 bits per heavy atom. The van der Waals surface area contributed by atoms with E-state index in [9.17, 15) is 9.59 Å². The summed E-state index contributed by atoms with van der Waals surface area (Å²) in [7, 11) is 0. The number of nitrogens with zero attached hydrogens (tertiary/aromatic N) is 2. The van der Waals surface area contributed by atoms with E-state index < -0.39 is 0 Å². The highest BCUT2D eigenvalue weighted by Gasteiger charge is 2.43. The lowest BCUT2D eigenvalue weighted by Crippen LogP contribution is -2.32. The molecule has 2 aromatic carbocycles. The summed E-state index contributed by atoms with van der Waals surface area (Å²) in [6, 6.07) is 15.3. The van der Waals surface area contributed by atoms with E-state index in [1.54, 1.807) is 9.80 Å². The molecule has 0 aromatic heterocycles. The van der Waals surface area contributed by atoms with Crippen molar-refractivity contribution in [3.05, 3.63) is 69.0 Å². The average Bonchev–Trinajstić information content (AvgIpc) is 3.14.